The van der Waals surface area contributed by atoms with E-state index in [0.717, 1.165) is 72.0 Å². The van der Waals surface area contributed by atoms with Gasteiger partial charge in [-0.2, -0.15) is 15.1 Å². The average molecular weight is 1090 g/mol. The summed E-state index contributed by atoms with van der Waals surface area (Å²) in [6.45, 7) is 15.9. The van der Waals surface area contributed by atoms with Gasteiger partial charge in [-0.15, -0.1) is 0 Å². The van der Waals surface area contributed by atoms with Crippen molar-refractivity contribution in [1.29, 1.82) is 0 Å². The van der Waals surface area contributed by atoms with Crippen LogP contribution < -0.4 is 20.4 Å². The van der Waals surface area contributed by atoms with Gasteiger partial charge < -0.3 is 39.5 Å². The highest BCUT2D eigenvalue weighted by Crippen LogP contribution is 2.33. The molecule has 17 nitrogen and oxygen atoms in total. The number of nitrogens with one attached hydrogen (secondary N) is 3. The van der Waals surface area contributed by atoms with Crippen LogP contribution in [-0.2, 0) is 14.2 Å². The lowest BCUT2D eigenvalue weighted by Crippen LogP contribution is -2.38. The van der Waals surface area contributed by atoms with E-state index in [-0.39, 0.29) is 12.1 Å². The lowest BCUT2D eigenvalue weighted by Gasteiger charge is -2.28. The predicted octanol–water partition coefficient (Wildman–Crippen LogP) is 6.61. The van der Waals surface area contributed by atoms with Gasteiger partial charge in [0.15, 0.2) is 5.15 Å². The Morgan fingerprint density at radius 2 is 1.05 bits per heavy atom. The topological polar surface area (TPSA) is 185 Å². The molecule has 4 fully saturated rings. The summed E-state index contributed by atoms with van der Waals surface area (Å²) in [5.41, 5.74) is 2.61. The molecule has 5 aromatic rings. The summed E-state index contributed by atoms with van der Waals surface area (Å²) in [5, 5.41) is 16.4. The van der Waals surface area contributed by atoms with Crippen molar-refractivity contribution < 1.29 is 19.0 Å². The summed E-state index contributed by atoms with van der Waals surface area (Å²) in [7, 11) is 0. The number of rotatable bonds is 7. The first-order chi connectivity index (χ1) is 39.6. The molecule has 81 heavy (non-hydrogen) atoms. The van der Waals surface area contributed by atoms with Crippen LogP contribution in [0.1, 0.15) is 66.7 Å². The normalized spacial score (nSPS) is 14.6. The number of aromatic amines is 1. The van der Waals surface area contributed by atoms with E-state index in [1.165, 1.54) is 25.7 Å². The van der Waals surface area contributed by atoms with Gasteiger partial charge in [-0.3, -0.25) is 10.1 Å². The van der Waals surface area contributed by atoms with E-state index in [2.05, 4.69) is 176 Å². The highest BCUT2D eigenvalue weighted by atomic mass is 35.5. The number of hydrogen-bond donors (Lipinski definition) is 3. The van der Waals surface area contributed by atoms with Gasteiger partial charge in [0.1, 0.15) is 34.0 Å². The standard InChI is InChI=1S/C24H6.C20H27ClN6O3.C19H23N7O/c1-3-5-7-9-11-13-15-17-19-21-23-24-22-20-18-16-14-12-10-8-6-4-2;1-20(2,3)30-19(28)27-7-5-13(12-27)23-17-14-4-6-22-16(21)15(14)24-18(25-17)26-8-10-29-11-9-26;1-2-4-13(3-1)22-18-14-5-7-20-17(15-6-8-21-25-15)16(14)23-19(24-18)26-9-11-27-12-10-26/h1-2H3;4,6,13H,5,7-12H2,1-3H3,(H,23,24,25);5-8,13H,1-4,9-12H2,(H,21,25)(H,22,23,24)/t;13-;/m.1./s1. The first-order valence-electron chi connectivity index (χ1n) is 26.1. The molecule has 1 aliphatic carbocycles. The second kappa shape index (κ2) is 31.4. The van der Waals surface area contributed by atoms with Crippen LogP contribution in [0, 0.1) is 130 Å². The molecule has 0 unspecified atom stereocenters. The second-order valence-electron chi connectivity index (χ2n) is 18.6. The minimum Gasteiger partial charge on any atom is -0.444 e. The molecule has 1 saturated carbocycles. The number of amides is 1. The molecule has 1 amide bonds. The number of ether oxygens (including phenoxy) is 3. The van der Waals surface area contributed by atoms with Crippen LogP contribution in [0.25, 0.3) is 33.2 Å². The molecule has 5 aromatic heterocycles. The molecular weight excluding hydrogens is 1040 g/mol. The number of carbonyl (C=O) groups excluding carboxylic acids is 1. The summed E-state index contributed by atoms with van der Waals surface area (Å²) < 4.78 is 16.4. The molecule has 1 atom stereocenters. The van der Waals surface area contributed by atoms with E-state index < -0.39 is 5.60 Å². The minimum atomic E-state index is -0.512. The number of pyridine rings is 2. The van der Waals surface area contributed by atoms with Crippen LogP contribution in [0.2, 0.25) is 5.15 Å². The van der Waals surface area contributed by atoms with Crippen molar-refractivity contribution in [3.63, 3.8) is 0 Å². The summed E-state index contributed by atoms with van der Waals surface area (Å²) >= 11 is 6.34. The summed E-state index contributed by atoms with van der Waals surface area (Å²) in [5.74, 6) is 58.5. The average Bonchev–Trinajstić information content (AvgIpc) is 4.46. The fraction of sp³-hybridized carbons (Fsp3) is 0.365. The number of fused-ring (bicyclic) bond motifs is 2. The lowest BCUT2D eigenvalue weighted by molar-refractivity contribution is 0.0293. The maximum absolute atomic E-state index is 12.4. The van der Waals surface area contributed by atoms with Crippen molar-refractivity contribution in [1.82, 2.24) is 45.0 Å². The van der Waals surface area contributed by atoms with Crippen LogP contribution >= 0.6 is 11.6 Å². The third kappa shape index (κ3) is 18.9. The van der Waals surface area contributed by atoms with Crippen LogP contribution in [-0.4, -0.2) is 134 Å². The van der Waals surface area contributed by atoms with E-state index >= 15 is 0 Å². The summed E-state index contributed by atoms with van der Waals surface area (Å²) in [6, 6.07) is 6.30. The highest BCUT2D eigenvalue weighted by Gasteiger charge is 2.31. The SMILES string of the molecule is CC#CC#CC#CC#CC#CC#CC#CC#CC#CC#CC#CC.CC(C)(C)OC(=O)N1CC[C@@H](Nc2nc(N3CCOCC3)nc3c(Cl)nccc23)C1.c1cc(-c2nccc3c(NC4CCCC4)nc(N4CCOCC4)nc23)[nH]n1. The summed E-state index contributed by atoms with van der Waals surface area (Å²) in [4.78, 5) is 46.4. The molecule has 3 saturated heterocycles. The zero-order valence-corrected chi connectivity index (χ0v) is 46.5. The van der Waals surface area contributed by atoms with Gasteiger partial charge in [0.05, 0.1) is 32.1 Å². The molecule has 0 radical (unpaired) electrons. The number of aromatic nitrogens is 8. The van der Waals surface area contributed by atoms with E-state index in [9.17, 15) is 4.79 Å². The Morgan fingerprint density at radius 3 is 1.52 bits per heavy atom. The number of halogens is 1. The Bertz CT molecular complexity index is 3710. The maximum atomic E-state index is 12.4. The van der Waals surface area contributed by atoms with Crippen molar-refractivity contribution in [2.24, 2.45) is 0 Å². The molecule has 8 heterocycles. The quantitative estimate of drug-likeness (QED) is 0.117. The molecule has 9 rings (SSSR count). The van der Waals surface area contributed by atoms with E-state index in [1.54, 1.807) is 31.1 Å². The van der Waals surface area contributed by atoms with Gasteiger partial charge in [-0.1, -0.05) is 36.3 Å². The van der Waals surface area contributed by atoms with Gasteiger partial charge >= 0.3 is 6.09 Å². The van der Waals surface area contributed by atoms with Crippen LogP contribution in [0.15, 0.2) is 36.8 Å². The van der Waals surface area contributed by atoms with E-state index in [4.69, 9.17) is 40.8 Å². The summed E-state index contributed by atoms with van der Waals surface area (Å²) in [6.07, 6.45) is 10.6. The first-order valence-corrected chi connectivity index (χ1v) is 26.5. The predicted molar refractivity (Wildman–Crippen MR) is 316 cm³/mol. The van der Waals surface area contributed by atoms with Gasteiger partial charge in [0.2, 0.25) is 11.9 Å². The molecule has 0 bridgehead atoms. The molecule has 4 aliphatic rings. The molecule has 3 aliphatic heterocycles. The Kier molecular flexibility index (Phi) is 22.8. The maximum Gasteiger partial charge on any atom is 0.410 e. The van der Waals surface area contributed by atoms with Crippen LogP contribution in [0.3, 0.4) is 0 Å². The van der Waals surface area contributed by atoms with Crippen LogP contribution in [0.5, 0.6) is 0 Å². The Balaban J connectivity index is 0.000000177. The third-order valence-corrected chi connectivity index (χ3v) is 12.1. The van der Waals surface area contributed by atoms with Gasteiger partial charge in [-0.25, -0.2) is 19.7 Å². The zero-order chi connectivity index (χ0) is 56.9. The molecule has 0 aromatic carbocycles. The Labute approximate surface area is 479 Å². The van der Waals surface area contributed by atoms with Crippen molar-refractivity contribution in [2.45, 2.75) is 84.4 Å². The fourth-order valence-electron chi connectivity index (χ4n) is 8.18. The minimum absolute atomic E-state index is 0.0556. The third-order valence-electron chi connectivity index (χ3n) is 11.8. The van der Waals surface area contributed by atoms with Crippen molar-refractivity contribution in [3.05, 3.63) is 41.9 Å². The lowest BCUT2D eigenvalue weighted by atomic mass is 10.1. The number of H-pyrrole nitrogens is 1. The second-order valence-corrected chi connectivity index (χ2v) is 19.0. The number of carbonyl (C=O) groups is 1. The van der Waals surface area contributed by atoms with E-state index in [0.29, 0.717) is 68.0 Å². The zero-order valence-electron chi connectivity index (χ0n) is 45.7. The smallest absolute Gasteiger partial charge is 0.410 e. The largest absolute Gasteiger partial charge is 0.444 e. The van der Waals surface area contributed by atoms with Gasteiger partial charge in [0, 0.05) is 104 Å². The number of nitrogens with zero attached hydrogens (tertiary/aromatic N) is 10. The fourth-order valence-corrected chi connectivity index (χ4v) is 8.38. The molecule has 404 valence electrons. The Morgan fingerprint density at radius 1 is 0.593 bits per heavy atom. The van der Waals surface area contributed by atoms with E-state index in [1.807, 2.05) is 45.2 Å². The Hall–Kier alpha value is -9.97. The van der Waals surface area contributed by atoms with Crippen molar-refractivity contribution in [3.8, 4) is 142 Å². The van der Waals surface area contributed by atoms with Gasteiger partial charge in [0.25, 0.3) is 0 Å². The number of hydrogen-bond acceptors (Lipinski definition) is 15. The monoisotopic (exact) mass is 1090 g/mol. The molecule has 18 heteroatoms. The molecule has 0 spiro atoms. The van der Waals surface area contributed by atoms with Crippen molar-refractivity contribution in [2.75, 3.05) is 86.1 Å². The first kappa shape index (κ1) is 58.7. The number of likely N-dealkylation sites (tertiary alicyclic amines) is 1. The van der Waals surface area contributed by atoms with Crippen molar-refractivity contribution >= 4 is 63.0 Å². The number of morpholine rings is 2. The number of anilines is 4. The molecule has 3 N–H and O–H groups in total. The highest BCUT2D eigenvalue weighted by molar-refractivity contribution is 6.34. The van der Waals surface area contributed by atoms with Gasteiger partial charge in [-0.05, 0) is 167 Å². The van der Waals surface area contributed by atoms with Crippen LogP contribution in [0.4, 0.5) is 28.3 Å². The molecular formula is C63H56ClN13O4.